The average molecular weight is 442 g/mol. The van der Waals surface area contributed by atoms with E-state index < -0.39 is 0 Å². The number of imide groups is 1. The van der Waals surface area contributed by atoms with Gasteiger partial charge in [0.2, 0.25) is 5.91 Å². The molecule has 0 saturated carbocycles. The Morgan fingerprint density at radius 1 is 1.03 bits per heavy atom. The van der Waals surface area contributed by atoms with Gasteiger partial charge in [0.1, 0.15) is 0 Å². The Labute approximate surface area is 188 Å². The van der Waals surface area contributed by atoms with Crippen molar-refractivity contribution >= 4 is 34.5 Å². The third-order valence-corrected chi connectivity index (χ3v) is 7.91. The first-order valence-electron chi connectivity index (χ1n) is 10.4. The molecule has 1 aliphatic heterocycles. The summed E-state index contributed by atoms with van der Waals surface area (Å²) in [6.07, 6.45) is 2.30. The number of fused-ring (bicyclic) bond motifs is 1. The first-order valence-corrected chi connectivity index (χ1v) is 11.8. The van der Waals surface area contributed by atoms with Gasteiger partial charge in [0.05, 0.1) is 12.3 Å². The number of carbonyl (C=O) groups is 2. The standard InChI is InChI=1S/C25H28ClNO2S/c1-15-11-18-19(25(4,5)10-9-24(18,2)3)12-17(15)22-16(7-6-8-20(22)26)13-27-21(28)14-30-23(27)29/h6-8,11-12H,9-10,13-14H2,1-5H3. The fourth-order valence-electron chi connectivity index (χ4n) is 4.70. The highest BCUT2D eigenvalue weighted by atomic mass is 35.5. The van der Waals surface area contributed by atoms with Gasteiger partial charge in [0.15, 0.2) is 0 Å². The summed E-state index contributed by atoms with van der Waals surface area (Å²) in [6.45, 7) is 11.7. The molecule has 1 heterocycles. The Bertz CT molecular complexity index is 1040. The van der Waals surface area contributed by atoms with E-state index in [1.807, 2.05) is 18.2 Å². The van der Waals surface area contributed by atoms with Crippen LogP contribution in [0.4, 0.5) is 4.79 Å². The van der Waals surface area contributed by atoms with Gasteiger partial charge in [-0.3, -0.25) is 14.5 Å². The molecular weight excluding hydrogens is 414 g/mol. The number of benzene rings is 2. The van der Waals surface area contributed by atoms with Crippen LogP contribution in [0.2, 0.25) is 5.02 Å². The summed E-state index contributed by atoms with van der Waals surface area (Å²) >= 11 is 7.78. The molecule has 158 valence electrons. The monoisotopic (exact) mass is 441 g/mol. The summed E-state index contributed by atoms with van der Waals surface area (Å²) in [5, 5.41) is 0.464. The van der Waals surface area contributed by atoms with E-state index in [1.165, 1.54) is 28.0 Å². The molecule has 0 bridgehead atoms. The second-order valence-corrected chi connectivity index (χ2v) is 11.1. The predicted octanol–water partition coefficient (Wildman–Crippen LogP) is 6.86. The van der Waals surface area contributed by atoms with Crippen LogP contribution in [0.15, 0.2) is 30.3 Å². The molecule has 1 saturated heterocycles. The van der Waals surface area contributed by atoms with E-state index >= 15 is 0 Å². The lowest BCUT2D eigenvalue weighted by molar-refractivity contribution is -0.125. The number of halogens is 1. The Kier molecular flexibility index (Phi) is 5.31. The smallest absolute Gasteiger partial charge is 0.273 e. The molecular formula is C25H28ClNO2S. The predicted molar refractivity (Wildman–Crippen MR) is 125 cm³/mol. The largest absolute Gasteiger partial charge is 0.289 e. The van der Waals surface area contributed by atoms with Crippen LogP contribution in [0.1, 0.15) is 62.8 Å². The van der Waals surface area contributed by atoms with E-state index in [4.69, 9.17) is 11.6 Å². The van der Waals surface area contributed by atoms with E-state index in [9.17, 15) is 9.59 Å². The van der Waals surface area contributed by atoms with Gasteiger partial charge in [-0.15, -0.1) is 0 Å². The first kappa shape index (κ1) is 21.5. The van der Waals surface area contributed by atoms with E-state index in [-0.39, 0.29) is 34.3 Å². The molecule has 30 heavy (non-hydrogen) atoms. The van der Waals surface area contributed by atoms with Crippen LogP contribution in [0.3, 0.4) is 0 Å². The van der Waals surface area contributed by atoms with E-state index in [0.717, 1.165) is 34.9 Å². The average Bonchev–Trinajstić information content (AvgIpc) is 2.98. The van der Waals surface area contributed by atoms with Crippen LogP contribution in [-0.2, 0) is 22.2 Å². The molecule has 0 N–H and O–H groups in total. The Morgan fingerprint density at radius 3 is 2.27 bits per heavy atom. The van der Waals surface area contributed by atoms with Gasteiger partial charge in [0.25, 0.3) is 5.24 Å². The van der Waals surface area contributed by atoms with Crippen LogP contribution in [-0.4, -0.2) is 21.8 Å². The van der Waals surface area contributed by atoms with Gasteiger partial charge >= 0.3 is 0 Å². The third kappa shape index (κ3) is 3.58. The van der Waals surface area contributed by atoms with Gasteiger partial charge in [0, 0.05) is 10.6 Å². The lowest BCUT2D eigenvalue weighted by Gasteiger charge is -2.42. The summed E-state index contributed by atoms with van der Waals surface area (Å²) in [4.78, 5) is 25.7. The fourth-order valence-corrected chi connectivity index (χ4v) is 5.72. The summed E-state index contributed by atoms with van der Waals surface area (Å²) in [7, 11) is 0. The molecule has 2 aromatic carbocycles. The number of carbonyl (C=O) groups excluding carboxylic acids is 2. The SMILES string of the molecule is Cc1cc2c(cc1-c1c(Cl)cccc1CN1C(=O)CSC1=O)C(C)(C)CCC2(C)C. The second-order valence-electron chi connectivity index (χ2n) is 9.79. The molecule has 0 radical (unpaired) electrons. The number of hydrogen-bond acceptors (Lipinski definition) is 3. The lowest BCUT2D eigenvalue weighted by atomic mass is 9.62. The van der Waals surface area contributed by atoms with Crippen molar-refractivity contribution in [2.45, 2.75) is 64.8 Å². The zero-order valence-corrected chi connectivity index (χ0v) is 19.8. The van der Waals surface area contributed by atoms with Crippen molar-refractivity contribution in [1.82, 2.24) is 4.90 Å². The van der Waals surface area contributed by atoms with Crippen molar-refractivity contribution in [2.75, 3.05) is 5.75 Å². The van der Waals surface area contributed by atoms with Gasteiger partial charge in [-0.05, 0) is 70.5 Å². The Morgan fingerprint density at radius 2 is 1.67 bits per heavy atom. The Balaban J connectivity index is 1.88. The molecule has 1 aliphatic carbocycles. The van der Waals surface area contributed by atoms with Gasteiger partial charge in [-0.25, -0.2) is 0 Å². The minimum absolute atomic E-state index is 0.0895. The number of amides is 2. The molecule has 3 nitrogen and oxygen atoms in total. The highest BCUT2D eigenvalue weighted by Crippen LogP contribution is 2.48. The maximum absolute atomic E-state index is 12.2. The summed E-state index contributed by atoms with van der Waals surface area (Å²) < 4.78 is 0. The Hall–Kier alpha value is -1.78. The molecule has 0 aromatic heterocycles. The van der Waals surface area contributed by atoms with E-state index in [2.05, 4.69) is 46.8 Å². The fraction of sp³-hybridized carbons (Fsp3) is 0.440. The van der Waals surface area contributed by atoms with Crippen LogP contribution in [0, 0.1) is 6.92 Å². The quantitative estimate of drug-likeness (QED) is 0.522. The van der Waals surface area contributed by atoms with E-state index in [0.29, 0.717) is 5.02 Å². The normalized spacial score (nSPS) is 19.9. The molecule has 0 unspecified atom stereocenters. The molecule has 0 atom stereocenters. The number of aryl methyl sites for hydroxylation is 1. The van der Waals surface area contributed by atoms with Gasteiger partial charge < -0.3 is 0 Å². The van der Waals surface area contributed by atoms with Crippen LogP contribution >= 0.6 is 23.4 Å². The topological polar surface area (TPSA) is 37.4 Å². The van der Waals surface area contributed by atoms with Crippen molar-refractivity contribution < 1.29 is 9.59 Å². The zero-order chi connectivity index (χ0) is 21.8. The van der Waals surface area contributed by atoms with E-state index in [1.54, 1.807) is 0 Å². The molecule has 4 rings (SSSR count). The summed E-state index contributed by atoms with van der Waals surface area (Å²) in [6, 6.07) is 10.4. The minimum Gasteiger partial charge on any atom is -0.273 e. The van der Waals surface area contributed by atoms with Crippen LogP contribution in [0.25, 0.3) is 11.1 Å². The summed E-state index contributed by atoms with van der Waals surface area (Å²) in [5.74, 6) is 0.0801. The minimum atomic E-state index is -0.184. The molecule has 5 heteroatoms. The maximum Gasteiger partial charge on any atom is 0.289 e. The molecule has 0 spiro atoms. The highest BCUT2D eigenvalue weighted by molar-refractivity contribution is 8.14. The van der Waals surface area contributed by atoms with Crippen molar-refractivity contribution in [2.24, 2.45) is 0 Å². The zero-order valence-electron chi connectivity index (χ0n) is 18.3. The van der Waals surface area contributed by atoms with Crippen molar-refractivity contribution in [3.8, 4) is 11.1 Å². The van der Waals surface area contributed by atoms with Crippen LogP contribution < -0.4 is 0 Å². The van der Waals surface area contributed by atoms with Crippen LogP contribution in [0.5, 0.6) is 0 Å². The second kappa shape index (κ2) is 7.42. The van der Waals surface area contributed by atoms with Crippen molar-refractivity contribution in [3.05, 3.63) is 57.6 Å². The third-order valence-electron chi connectivity index (χ3n) is 6.74. The van der Waals surface area contributed by atoms with Crippen molar-refractivity contribution in [3.63, 3.8) is 0 Å². The van der Waals surface area contributed by atoms with Gasteiger partial charge in [-0.1, -0.05) is 69.3 Å². The molecule has 2 amide bonds. The maximum atomic E-state index is 12.2. The number of nitrogens with zero attached hydrogens (tertiary/aromatic N) is 1. The highest BCUT2D eigenvalue weighted by Gasteiger charge is 2.38. The number of thioether (sulfide) groups is 1. The number of hydrogen-bond donors (Lipinski definition) is 0. The summed E-state index contributed by atoms with van der Waals surface area (Å²) in [5.41, 5.74) is 7.10. The lowest BCUT2D eigenvalue weighted by Crippen LogP contribution is -2.34. The molecule has 1 fully saturated rings. The number of rotatable bonds is 3. The van der Waals surface area contributed by atoms with Gasteiger partial charge in [-0.2, -0.15) is 0 Å². The van der Waals surface area contributed by atoms with Crippen molar-refractivity contribution in [1.29, 1.82) is 0 Å². The molecule has 2 aliphatic rings. The molecule has 2 aromatic rings. The first-order chi connectivity index (χ1) is 14.0.